The van der Waals surface area contributed by atoms with Crippen molar-refractivity contribution in [2.75, 3.05) is 13.1 Å². The fourth-order valence-corrected chi connectivity index (χ4v) is 2.69. The summed E-state index contributed by atoms with van der Waals surface area (Å²) in [5, 5.41) is 0. The molecule has 1 fully saturated rings. The van der Waals surface area contributed by atoms with Crippen molar-refractivity contribution in [2.24, 2.45) is 11.7 Å². The predicted molar refractivity (Wildman–Crippen MR) is 72.8 cm³/mol. The summed E-state index contributed by atoms with van der Waals surface area (Å²) in [6, 6.07) is 9.01. The van der Waals surface area contributed by atoms with Gasteiger partial charge in [-0.3, -0.25) is 4.90 Å². The third kappa shape index (κ3) is 3.30. The van der Waals surface area contributed by atoms with Crippen molar-refractivity contribution < 1.29 is 0 Å². The number of aryl methyl sites for hydroxylation is 1. The van der Waals surface area contributed by atoms with Gasteiger partial charge in [-0.2, -0.15) is 0 Å². The molecule has 1 heterocycles. The molecule has 0 aromatic heterocycles. The van der Waals surface area contributed by atoms with E-state index in [1.165, 1.54) is 30.5 Å². The zero-order chi connectivity index (χ0) is 12.3. The molecule has 2 heteroatoms. The van der Waals surface area contributed by atoms with Crippen molar-refractivity contribution in [1.29, 1.82) is 0 Å². The highest BCUT2D eigenvalue weighted by atomic mass is 15.1. The Morgan fingerprint density at radius 1 is 1.41 bits per heavy atom. The summed E-state index contributed by atoms with van der Waals surface area (Å²) in [7, 11) is 0. The van der Waals surface area contributed by atoms with Crippen molar-refractivity contribution in [3.8, 4) is 0 Å². The summed E-state index contributed by atoms with van der Waals surface area (Å²) in [5.41, 5.74) is 8.88. The summed E-state index contributed by atoms with van der Waals surface area (Å²) in [5.74, 6) is 0.674. The molecule has 2 atom stereocenters. The number of rotatable bonds is 3. The molecule has 0 bridgehead atoms. The standard InChI is InChI=1S/C15H24N2/c1-12-6-3-4-7-14(12)10-17-9-5-8-15(11-17)13(2)16/h3-4,6-7,13,15H,5,8-11,16H2,1-2H3. The molecule has 1 aliphatic heterocycles. The van der Waals surface area contributed by atoms with Crippen LogP contribution in [0.4, 0.5) is 0 Å². The van der Waals surface area contributed by atoms with Gasteiger partial charge in [-0.05, 0) is 50.3 Å². The minimum absolute atomic E-state index is 0.328. The monoisotopic (exact) mass is 232 g/mol. The Morgan fingerprint density at radius 2 is 2.18 bits per heavy atom. The first-order chi connectivity index (χ1) is 8.16. The number of likely N-dealkylation sites (tertiary alicyclic amines) is 1. The Hall–Kier alpha value is -0.860. The molecule has 2 nitrogen and oxygen atoms in total. The Morgan fingerprint density at radius 3 is 2.88 bits per heavy atom. The average Bonchev–Trinajstić information content (AvgIpc) is 2.32. The lowest BCUT2D eigenvalue weighted by Gasteiger charge is -2.34. The van der Waals surface area contributed by atoms with Gasteiger partial charge in [0.25, 0.3) is 0 Å². The van der Waals surface area contributed by atoms with Gasteiger partial charge in [0.05, 0.1) is 0 Å². The molecule has 1 saturated heterocycles. The number of nitrogens with zero attached hydrogens (tertiary/aromatic N) is 1. The van der Waals surface area contributed by atoms with Gasteiger partial charge < -0.3 is 5.73 Å². The molecule has 1 aromatic rings. The third-order valence-electron chi connectivity index (χ3n) is 3.94. The highest BCUT2D eigenvalue weighted by Crippen LogP contribution is 2.21. The lowest BCUT2D eigenvalue weighted by Crippen LogP contribution is -2.42. The number of hydrogen-bond acceptors (Lipinski definition) is 2. The van der Waals surface area contributed by atoms with Crippen LogP contribution in [0.15, 0.2) is 24.3 Å². The second kappa shape index (κ2) is 5.65. The van der Waals surface area contributed by atoms with E-state index in [0.717, 1.165) is 13.1 Å². The molecule has 17 heavy (non-hydrogen) atoms. The first kappa shape index (κ1) is 12.6. The first-order valence-electron chi connectivity index (χ1n) is 6.69. The quantitative estimate of drug-likeness (QED) is 0.868. The van der Waals surface area contributed by atoms with Gasteiger partial charge in [0.1, 0.15) is 0 Å². The van der Waals surface area contributed by atoms with Crippen LogP contribution in [-0.2, 0) is 6.54 Å². The topological polar surface area (TPSA) is 29.3 Å². The predicted octanol–water partition coefficient (Wildman–Crippen LogP) is 2.55. The molecule has 0 amide bonds. The fraction of sp³-hybridized carbons (Fsp3) is 0.600. The molecular formula is C15H24N2. The summed E-state index contributed by atoms with van der Waals surface area (Å²) < 4.78 is 0. The Bertz CT molecular complexity index is 360. The van der Waals surface area contributed by atoms with E-state index in [0.29, 0.717) is 12.0 Å². The molecule has 1 aromatic carbocycles. The average molecular weight is 232 g/mol. The second-order valence-electron chi connectivity index (χ2n) is 5.42. The molecule has 0 aliphatic carbocycles. The van der Waals surface area contributed by atoms with Crippen molar-refractivity contribution in [2.45, 2.75) is 39.3 Å². The van der Waals surface area contributed by atoms with Crippen LogP contribution < -0.4 is 5.73 Å². The van der Waals surface area contributed by atoms with E-state index in [4.69, 9.17) is 5.73 Å². The van der Waals surface area contributed by atoms with Crippen LogP contribution in [0.2, 0.25) is 0 Å². The molecule has 2 rings (SSSR count). The van der Waals surface area contributed by atoms with Crippen LogP contribution in [0.25, 0.3) is 0 Å². The van der Waals surface area contributed by atoms with E-state index in [-0.39, 0.29) is 0 Å². The van der Waals surface area contributed by atoms with Crippen LogP contribution in [0, 0.1) is 12.8 Å². The van der Waals surface area contributed by atoms with Gasteiger partial charge in [0, 0.05) is 19.1 Å². The van der Waals surface area contributed by atoms with E-state index in [1.807, 2.05) is 0 Å². The van der Waals surface area contributed by atoms with Crippen molar-refractivity contribution in [3.63, 3.8) is 0 Å². The fourth-order valence-electron chi connectivity index (χ4n) is 2.69. The lowest BCUT2D eigenvalue weighted by atomic mass is 9.92. The van der Waals surface area contributed by atoms with Crippen LogP contribution in [-0.4, -0.2) is 24.0 Å². The van der Waals surface area contributed by atoms with Gasteiger partial charge in [0.15, 0.2) is 0 Å². The van der Waals surface area contributed by atoms with E-state index in [1.54, 1.807) is 0 Å². The molecule has 0 saturated carbocycles. The Balaban J connectivity index is 1.97. The highest BCUT2D eigenvalue weighted by molar-refractivity contribution is 5.25. The van der Waals surface area contributed by atoms with Gasteiger partial charge in [-0.1, -0.05) is 24.3 Å². The van der Waals surface area contributed by atoms with E-state index in [2.05, 4.69) is 43.0 Å². The van der Waals surface area contributed by atoms with Gasteiger partial charge >= 0.3 is 0 Å². The first-order valence-corrected chi connectivity index (χ1v) is 6.69. The highest BCUT2D eigenvalue weighted by Gasteiger charge is 2.22. The SMILES string of the molecule is Cc1ccccc1CN1CCCC(C(C)N)C1. The Kier molecular flexibility index (Phi) is 4.19. The largest absolute Gasteiger partial charge is 0.328 e. The van der Waals surface area contributed by atoms with Crippen LogP contribution in [0.3, 0.4) is 0 Å². The summed E-state index contributed by atoms with van der Waals surface area (Å²) in [6.07, 6.45) is 2.58. The smallest absolute Gasteiger partial charge is 0.0236 e. The maximum Gasteiger partial charge on any atom is 0.0236 e. The number of hydrogen-bond donors (Lipinski definition) is 1. The minimum atomic E-state index is 0.328. The van der Waals surface area contributed by atoms with E-state index in [9.17, 15) is 0 Å². The molecule has 2 unspecified atom stereocenters. The van der Waals surface area contributed by atoms with Crippen molar-refractivity contribution in [1.82, 2.24) is 4.90 Å². The van der Waals surface area contributed by atoms with E-state index >= 15 is 0 Å². The van der Waals surface area contributed by atoms with Gasteiger partial charge in [0.2, 0.25) is 0 Å². The number of piperidine rings is 1. The van der Waals surface area contributed by atoms with Gasteiger partial charge in [-0.15, -0.1) is 0 Å². The van der Waals surface area contributed by atoms with Gasteiger partial charge in [-0.25, -0.2) is 0 Å². The summed E-state index contributed by atoms with van der Waals surface area (Å²) in [6.45, 7) is 7.80. The van der Waals surface area contributed by atoms with Crippen LogP contribution >= 0.6 is 0 Å². The lowest BCUT2D eigenvalue weighted by molar-refractivity contribution is 0.154. The summed E-state index contributed by atoms with van der Waals surface area (Å²) in [4.78, 5) is 2.56. The molecule has 2 N–H and O–H groups in total. The minimum Gasteiger partial charge on any atom is -0.328 e. The molecule has 0 radical (unpaired) electrons. The van der Waals surface area contributed by atoms with Crippen molar-refractivity contribution >= 4 is 0 Å². The zero-order valence-electron chi connectivity index (χ0n) is 11.0. The van der Waals surface area contributed by atoms with Crippen LogP contribution in [0.1, 0.15) is 30.9 Å². The second-order valence-corrected chi connectivity index (χ2v) is 5.42. The Labute approximate surface area is 105 Å². The van der Waals surface area contributed by atoms with E-state index < -0.39 is 0 Å². The number of benzene rings is 1. The number of nitrogens with two attached hydrogens (primary N) is 1. The molecular weight excluding hydrogens is 208 g/mol. The maximum atomic E-state index is 6.03. The van der Waals surface area contributed by atoms with Crippen molar-refractivity contribution in [3.05, 3.63) is 35.4 Å². The maximum absolute atomic E-state index is 6.03. The normalized spacial score (nSPS) is 23.6. The third-order valence-corrected chi connectivity index (χ3v) is 3.94. The molecule has 0 spiro atoms. The van der Waals surface area contributed by atoms with Crippen LogP contribution in [0.5, 0.6) is 0 Å². The summed E-state index contributed by atoms with van der Waals surface area (Å²) >= 11 is 0. The zero-order valence-corrected chi connectivity index (χ0v) is 11.0. The molecule has 1 aliphatic rings. The molecule has 94 valence electrons.